The summed E-state index contributed by atoms with van der Waals surface area (Å²) in [5.74, 6) is -0.477. The Balaban J connectivity index is 0.00000147. The fraction of sp³-hybridized carbons (Fsp3) is 0.182. The van der Waals surface area contributed by atoms with Crippen LogP contribution in [0.4, 0.5) is 13.2 Å². The summed E-state index contributed by atoms with van der Waals surface area (Å²) in [7, 11) is 0. The molecule has 106 valence electrons. The molecule has 1 N–H and O–H groups in total. The van der Waals surface area contributed by atoms with Gasteiger partial charge in [-0.05, 0) is 17.3 Å². The van der Waals surface area contributed by atoms with Gasteiger partial charge in [0.15, 0.2) is 0 Å². The predicted molar refractivity (Wildman–Crippen MR) is 62.9 cm³/mol. The lowest BCUT2D eigenvalue weighted by Gasteiger charge is -2.09. The summed E-state index contributed by atoms with van der Waals surface area (Å²) in [6.07, 6.45) is -4.51. The quantitative estimate of drug-likeness (QED) is 0.665. The second-order valence-corrected chi connectivity index (χ2v) is 4.81. The van der Waals surface area contributed by atoms with E-state index in [2.05, 4.69) is 10.2 Å². The van der Waals surface area contributed by atoms with Crippen molar-refractivity contribution in [3.8, 4) is 0 Å². The molecule has 1 aromatic heterocycles. The van der Waals surface area contributed by atoms with E-state index in [9.17, 15) is 13.2 Å². The zero-order chi connectivity index (χ0) is 13.5. The highest BCUT2D eigenvalue weighted by atomic mass is 79.9. The molecule has 0 saturated heterocycles. The topological polar surface area (TPSA) is 44.9 Å². The number of rotatable bonds is 1. The molecule has 0 aliphatic carbocycles. The number of alkyl halides is 3. The molecule has 0 radical (unpaired) electrons. The normalized spacial score (nSPS) is 14.2. The zero-order valence-corrected chi connectivity index (χ0v) is 12.3. The number of halogens is 4. The average Bonchev–Trinajstić information content (AvgIpc) is 2.82. The third-order valence-electron chi connectivity index (χ3n) is 2.58. The molecular weight excluding hydrogens is 357 g/mol. The minimum atomic E-state index is -4.51. The fourth-order valence-electron chi connectivity index (χ4n) is 1.71. The van der Waals surface area contributed by atoms with Crippen molar-refractivity contribution in [1.82, 2.24) is 10.2 Å². The summed E-state index contributed by atoms with van der Waals surface area (Å²) >= 11 is 1.22. The Labute approximate surface area is 126 Å². The number of aromatic nitrogens is 3. The van der Waals surface area contributed by atoms with Crippen LogP contribution in [0.2, 0.25) is 0 Å². The van der Waals surface area contributed by atoms with Gasteiger partial charge in [-0.3, -0.25) is 0 Å². The molecule has 1 aromatic carbocycles. The van der Waals surface area contributed by atoms with Crippen LogP contribution in [0.1, 0.15) is 11.4 Å². The van der Waals surface area contributed by atoms with Crippen LogP contribution in [0.25, 0.3) is 0 Å². The average molecular weight is 365 g/mol. The lowest BCUT2D eigenvalue weighted by atomic mass is 10.1. The molecule has 0 bridgehead atoms. The van der Waals surface area contributed by atoms with Gasteiger partial charge in [0, 0.05) is 0 Å². The Morgan fingerprint density at radius 1 is 1.20 bits per heavy atom. The number of nitrogens with one attached hydrogen (secondary N) is 1. The fourth-order valence-corrected chi connectivity index (χ4v) is 2.57. The molecule has 2 aromatic rings. The second-order valence-electron chi connectivity index (χ2n) is 3.87. The highest BCUT2D eigenvalue weighted by Crippen LogP contribution is 2.27. The smallest absolute Gasteiger partial charge is 0.483 e. The van der Waals surface area contributed by atoms with Crippen molar-refractivity contribution >= 4 is 17.5 Å². The number of H-pyrrole nitrogens is 1. The molecule has 9 heteroatoms. The van der Waals surface area contributed by atoms with Crippen molar-refractivity contribution in [2.45, 2.75) is 11.3 Å². The lowest BCUT2D eigenvalue weighted by Crippen LogP contribution is -3.00. The Bertz CT molecular complexity index is 639. The predicted octanol–water partition coefficient (Wildman–Crippen LogP) is -0.922. The number of hydrogen-bond donors (Lipinski definition) is 1. The van der Waals surface area contributed by atoms with Crippen molar-refractivity contribution in [3.05, 3.63) is 41.7 Å². The van der Waals surface area contributed by atoms with Crippen molar-refractivity contribution < 1.29 is 34.8 Å². The summed E-state index contributed by atoms with van der Waals surface area (Å²) in [4.78, 5) is 0. The maximum atomic E-state index is 12.8. The number of hydrogen-bond acceptors (Lipinski definition) is 3. The molecule has 1 aliphatic rings. The van der Waals surface area contributed by atoms with E-state index >= 15 is 0 Å². The van der Waals surface area contributed by atoms with Gasteiger partial charge in [-0.25, -0.2) is 0 Å². The maximum absolute atomic E-state index is 12.8. The standard InChI is InChI=1S/C11H7F3N4S.BrH/c12-11(13,14)9-15-16-10-18(9)17-8(6-19-10)7-4-2-1-3-5-7;/h1-5H,6H2;1H. The first-order valence-electron chi connectivity index (χ1n) is 5.39. The third-order valence-corrected chi connectivity index (χ3v) is 3.52. The molecule has 0 spiro atoms. The SMILES string of the molecule is FC(F)(F)c1[nH]nc2[n+]1N=C(c1ccccc1)CS2.[Br-]. The first-order chi connectivity index (χ1) is 9.05. The Morgan fingerprint density at radius 2 is 1.90 bits per heavy atom. The number of nitrogens with zero attached hydrogens (tertiary/aromatic N) is 3. The highest BCUT2D eigenvalue weighted by molar-refractivity contribution is 7.99. The molecule has 0 amide bonds. The maximum Gasteiger partial charge on any atom is 0.483 e. The first kappa shape index (κ1) is 15.0. The van der Waals surface area contributed by atoms with Crippen LogP contribution in [-0.2, 0) is 6.18 Å². The number of aromatic amines is 1. The van der Waals surface area contributed by atoms with E-state index in [4.69, 9.17) is 0 Å². The third kappa shape index (κ3) is 2.73. The second kappa shape index (κ2) is 5.57. The number of fused-ring (bicyclic) bond motifs is 1. The van der Waals surface area contributed by atoms with E-state index in [-0.39, 0.29) is 22.1 Å². The summed E-state index contributed by atoms with van der Waals surface area (Å²) in [6, 6.07) is 9.12. The largest absolute Gasteiger partial charge is 1.00 e. The van der Waals surface area contributed by atoms with Gasteiger partial charge < -0.3 is 17.0 Å². The van der Waals surface area contributed by atoms with Gasteiger partial charge in [0.1, 0.15) is 0 Å². The van der Waals surface area contributed by atoms with E-state index in [0.717, 1.165) is 10.2 Å². The van der Waals surface area contributed by atoms with Crippen LogP contribution in [0.15, 0.2) is 40.6 Å². The van der Waals surface area contributed by atoms with E-state index in [0.29, 0.717) is 11.5 Å². The van der Waals surface area contributed by atoms with Crippen molar-refractivity contribution in [3.63, 3.8) is 0 Å². The zero-order valence-electron chi connectivity index (χ0n) is 9.86. The van der Waals surface area contributed by atoms with E-state index in [1.54, 1.807) is 0 Å². The molecule has 0 atom stereocenters. The molecule has 3 rings (SSSR count). The van der Waals surface area contributed by atoms with E-state index in [1.165, 1.54) is 11.8 Å². The molecule has 2 heterocycles. The minimum absolute atomic E-state index is 0. The monoisotopic (exact) mass is 364 g/mol. The van der Waals surface area contributed by atoms with Crippen LogP contribution in [0, 0.1) is 0 Å². The van der Waals surface area contributed by atoms with E-state index in [1.807, 2.05) is 35.4 Å². The number of benzene rings is 1. The van der Waals surface area contributed by atoms with Gasteiger partial charge in [0.25, 0.3) is 0 Å². The van der Waals surface area contributed by atoms with Crippen LogP contribution in [0.5, 0.6) is 0 Å². The lowest BCUT2D eigenvalue weighted by molar-refractivity contribution is -0.733. The molecular formula is C11H8BrF3N4S. The summed E-state index contributed by atoms with van der Waals surface area (Å²) < 4.78 is 39.1. The first-order valence-corrected chi connectivity index (χ1v) is 6.38. The molecule has 4 nitrogen and oxygen atoms in total. The molecule has 1 aliphatic heterocycles. The van der Waals surface area contributed by atoms with Crippen molar-refractivity contribution in [1.29, 1.82) is 0 Å². The van der Waals surface area contributed by atoms with Gasteiger partial charge in [-0.2, -0.15) is 13.2 Å². The Hall–Kier alpha value is -1.35. The molecule has 0 fully saturated rings. The summed E-state index contributed by atoms with van der Waals surface area (Å²) in [6.45, 7) is 0. The molecule has 0 saturated carbocycles. The van der Waals surface area contributed by atoms with Gasteiger partial charge in [0.05, 0.1) is 16.6 Å². The Kier molecular flexibility index (Phi) is 4.19. The minimum Gasteiger partial charge on any atom is -1.00 e. The van der Waals surface area contributed by atoms with Crippen LogP contribution < -0.4 is 21.7 Å². The van der Waals surface area contributed by atoms with Crippen LogP contribution in [-0.4, -0.2) is 21.7 Å². The Morgan fingerprint density at radius 3 is 2.55 bits per heavy atom. The van der Waals surface area contributed by atoms with Gasteiger partial charge in [-0.1, -0.05) is 35.0 Å². The molecule has 20 heavy (non-hydrogen) atoms. The van der Waals surface area contributed by atoms with Gasteiger partial charge in [0.2, 0.25) is 0 Å². The van der Waals surface area contributed by atoms with Crippen molar-refractivity contribution in [2.24, 2.45) is 5.10 Å². The molecule has 0 unspecified atom stereocenters. The highest BCUT2D eigenvalue weighted by Gasteiger charge is 2.45. The number of thioether (sulfide) groups is 1. The van der Waals surface area contributed by atoms with Gasteiger partial charge in [-0.15, -0.1) is 10.2 Å². The van der Waals surface area contributed by atoms with Crippen LogP contribution >= 0.6 is 11.8 Å². The van der Waals surface area contributed by atoms with Crippen molar-refractivity contribution in [2.75, 3.05) is 5.75 Å². The van der Waals surface area contributed by atoms with Crippen LogP contribution in [0.3, 0.4) is 0 Å². The van der Waals surface area contributed by atoms with Gasteiger partial charge >= 0.3 is 17.2 Å². The van der Waals surface area contributed by atoms with E-state index < -0.39 is 12.0 Å². The summed E-state index contributed by atoms with van der Waals surface area (Å²) in [5, 5.41) is 9.87. The summed E-state index contributed by atoms with van der Waals surface area (Å²) in [5.41, 5.74) is 1.40.